The minimum Gasteiger partial charge on any atom is -0.480 e. The molecule has 0 aromatic carbocycles. The van der Waals surface area contributed by atoms with E-state index in [1.54, 1.807) is 0 Å². The van der Waals surface area contributed by atoms with Crippen LogP contribution in [0.3, 0.4) is 0 Å². The van der Waals surface area contributed by atoms with Crippen molar-refractivity contribution in [2.75, 3.05) is 26.3 Å². The number of carbonyl (C=O) groups excluding carboxylic acids is 1. The first kappa shape index (κ1) is 14.8. The topological polar surface area (TPSA) is 78.9 Å². The summed E-state index contributed by atoms with van der Waals surface area (Å²) in [4.78, 5) is 24.0. The second kappa shape index (κ2) is 7.92. The molecule has 6 nitrogen and oxygen atoms in total. The Balaban J connectivity index is 2.18. The highest BCUT2D eigenvalue weighted by Crippen LogP contribution is 2.16. The number of rotatable bonds is 7. The zero-order chi connectivity index (χ0) is 13.4. The van der Waals surface area contributed by atoms with Gasteiger partial charge in [0.1, 0.15) is 6.04 Å². The molecule has 0 aromatic rings. The SMILES string of the molecule is CCCCOCCNC(=O)N1CCC[C@H]1C(=O)O. The van der Waals surface area contributed by atoms with E-state index in [1.807, 2.05) is 0 Å². The van der Waals surface area contributed by atoms with Gasteiger partial charge in [0.15, 0.2) is 0 Å². The summed E-state index contributed by atoms with van der Waals surface area (Å²) in [6.07, 6.45) is 3.38. The molecular weight excluding hydrogens is 236 g/mol. The molecule has 1 fully saturated rings. The lowest BCUT2D eigenvalue weighted by Crippen LogP contribution is -2.46. The van der Waals surface area contributed by atoms with Crippen molar-refractivity contribution in [3.8, 4) is 0 Å². The highest BCUT2D eigenvalue weighted by Gasteiger charge is 2.33. The van der Waals surface area contributed by atoms with Gasteiger partial charge in [-0.1, -0.05) is 13.3 Å². The first-order chi connectivity index (χ1) is 8.66. The maximum atomic E-state index is 11.7. The van der Waals surface area contributed by atoms with Gasteiger partial charge in [-0.2, -0.15) is 0 Å². The van der Waals surface area contributed by atoms with Crippen LogP contribution in [0, 0.1) is 0 Å². The van der Waals surface area contributed by atoms with Gasteiger partial charge in [0.05, 0.1) is 6.61 Å². The molecule has 2 N–H and O–H groups in total. The Labute approximate surface area is 107 Å². The largest absolute Gasteiger partial charge is 0.480 e. The number of nitrogens with zero attached hydrogens (tertiary/aromatic N) is 1. The number of nitrogens with one attached hydrogen (secondary N) is 1. The van der Waals surface area contributed by atoms with Crippen LogP contribution in [0.15, 0.2) is 0 Å². The first-order valence-electron chi connectivity index (χ1n) is 6.51. The molecule has 1 heterocycles. The first-order valence-corrected chi connectivity index (χ1v) is 6.51. The summed E-state index contributed by atoms with van der Waals surface area (Å²) >= 11 is 0. The van der Waals surface area contributed by atoms with Gasteiger partial charge < -0.3 is 20.1 Å². The molecule has 0 saturated carbocycles. The summed E-state index contributed by atoms with van der Waals surface area (Å²) in [6, 6.07) is -0.981. The zero-order valence-corrected chi connectivity index (χ0v) is 10.9. The molecule has 1 aliphatic heterocycles. The second-order valence-corrected chi connectivity index (χ2v) is 4.39. The van der Waals surface area contributed by atoms with Gasteiger partial charge in [-0.25, -0.2) is 9.59 Å². The average molecular weight is 258 g/mol. The number of ether oxygens (including phenoxy) is 1. The second-order valence-electron chi connectivity index (χ2n) is 4.39. The quantitative estimate of drug-likeness (QED) is 0.669. The van der Waals surface area contributed by atoms with Crippen LogP contribution in [0.5, 0.6) is 0 Å². The predicted molar refractivity (Wildman–Crippen MR) is 66.5 cm³/mol. The molecule has 0 bridgehead atoms. The van der Waals surface area contributed by atoms with Crippen LogP contribution in [-0.4, -0.2) is 54.4 Å². The summed E-state index contributed by atoms with van der Waals surface area (Å²) in [7, 11) is 0. The minimum atomic E-state index is -0.929. The smallest absolute Gasteiger partial charge is 0.326 e. The Hall–Kier alpha value is -1.30. The third-order valence-corrected chi connectivity index (χ3v) is 2.96. The van der Waals surface area contributed by atoms with Crippen molar-refractivity contribution in [2.45, 2.75) is 38.6 Å². The molecule has 2 amide bonds. The molecule has 6 heteroatoms. The molecule has 18 heavy (non-hydrogen) atoms. The van der Waals surface area contributed by atoms with E-state index in [0.29, 0.717) is 32.7 Å². The summed E-state index contributed by atoms with van der Waals surface area (Å²) in [5.41, 5.74) is 0. The van der Waals surface area contributed by atoms with Gasteiger partial charge in [0.2, 0.25) is 0 Å². The molecular formula is C12H22N2O4. The van der Waals surface area contributed by atoms with Crippen LogP contribution in [-0.2, 0) is 9.53 Å². The molecule has 1 atom stereocenters. The van der Waals surface area contributed by atoms with Gasteiger partial charge in [-0.15, -0.1) is 0 Å². The normalized spacial score (nSPS) is 18.9. The van der Waals surface area contributed by atoms with Gasteiger partial charge in [0, 0.05) is 19.7 Å². The van der Waals surface area contributed by atoms with Crippen LogP contribution < -0.4 is 5.32 Å². The number of unbranched alkanes of at least 4 members (excludes halogenated alkanes) is 1. The van der Waals surface area contributed by atoms with Crippen molar-refractivity contribution in [1.82, 2.24) is 10.2 Å². The molecule has 0 aromatic heterocycles. The van der Waals surface area contributed by atoms with E-state index in [1.165, 1.54) is 4.90 Å². The van der Waals surface area contributed by atoms with Gasteiger partial charge in [0.25, 0.3) is 0 Å². The number of carboxylic acid groups (broad SMARTS) is 1. The van der Waals surface area contributed by atoms with Crippen molar-refractivity contribution in [1.29, 1.82) is 0 Å². The van der Waals surface area contributed by atoms with Crippen molar-refractivity contribution >= 4 is 12.0 Å². The van der Waals surface area contributed by atoms with Gasteiger partial charge in [-0.05, 0) is 19.3 Å². The van der Waals surface area contributed by atoms with E-state index in [-0.39, 0.29) is 6.03 Å². The number of carboxylic acids is 1. The number of hydrogen-bond acceptors (Lipinski definition) is 3. The van der Waals surface area contributed by atoms with E-state index in [0.717, 1.165) is 19.3 Å². The fourth-order valence-electron chi connectivity index (χ4n) is 1.95. The van der Waals surface area contributed by atoms with Crippen molar-refractivity contribution in [2.24, 2.45) is 0 Å². The Morgan fingerprint density at radius 2 is 2.22 bits per heavy atom. The fraction of sp³-hybridized carbons (Fsp3) is 0.833. The van der Waals surface area contributed by atoms with E-state index < -0.39 is 12.0 Å². The summed E-state index contributed by atoms with van der Waals surface area (Å²) < 4.78 is 5.31. The number of likely N-dealkylation sites (tertiary alicyclic amines) is 1. The van der Waals surface area contributed by atoms with Crippen molar-refractivity contribution < 1.29 is 19.4 Å². The van der Waals surface area contributed by atoms with E-state index in [2.05, 4.69) is 12.2 Å². The highest BCUT2D eigenvalue weighted by molar-refractivity contribution is 5.83. The van der Waals surface area contributed by atoms with Crippen molar-refractivity contribution in [3.05, 3.63) is 0 Å². The molecule has 0 radical (unpaired) electrons. The van der Waals surface area contributed by atoms with Crippen molar-refractivity contribution in [3.63, 3.8) is 0 Å². The van der Waals surface area contributed by atoms with Crippen LogP contribution >= 0.6 is 0 Å². The Kier molecular flexibility index (Phi) is 6.49. The molecule has 0 aliphatic carbocycles. The summed E-state index contributed by atoms with van der Waals surface area (Å²) in [5.74, 6) is -0.929. The number of aliphatic carboxylic acids is 1. The number of hydrogen-bond donors (Lipinski definition) is 2. The Morgan fingerprint density at radius 1 is 1.44 bits per heavy atom. The van der Waals surface area contributed by atoms with E-state index >= 15 is 0 Å². The predicted octanol–water partition coefficient (Wildman–Crippen LogP) is 1.06. The molecule has 0 unspecified atom stereocenters. The molecule has 0 spiro atoms. The summed E-state index contributed by atoms with van der Waals surface area (Å²) in [5, 5.41) is 11.6. The third kappa shape index (κ3) is 4.52. The third-order valence-electron chi connectivity index (χ3n) is 2.96. The van der Waals surface area contributed by atoms with Crippen LogP contribution in [0.2, 0.25) is 0 Å². The van der Waals surface area contributed by atoms with E-state index in [4.69, 9.17) is 9.84 Å². The fourth-order valence-corrected chi connectivity index (χ4v) is 1.95. The van der Waals surface area contributed by atoms with Crippen LogP contribution in [0.1, 0.15) is 32.6 Å². The zero-order valence-electron chi connectivity index (χ0n) is 10.9. The highest BCUT2D eigenvalue weighted by atomic mass is 16.5. The number of amides is 2. The van der Waals surface area contributed by atoms with Gasteiger partial charge in [-0.3, -0.25) is 0 Å². The number of carbonyl (C=O) groups is 2. The average Bonchev–Trinajstić information content (AvgIpc) is 2.82. The van der Waals surface area contributed by atoms with Crippen LogP contribution in [0.25, 0.3) is 0 Å². The standard InChI is InChI=1S/C12H22N2O4/c1-2-3-8-18-9-6-13-12(17)14-7-4-5-10(14)11(15)16/h10H,2-9H2,1H3,(H,13,17)(H,15,16)/t10-/m0/s1. The van der Waals surface area contributed by atoms with Gasteiger partial charge >= 0.3 is 12.0 Å². The minimum absolute atomic E-state index is 0.306. The Bertz CT molecular complexity index is 283. The summed E-state index contributed by atoms with van der Waals surface area (Å²) in [6.45, 7) is 4.20. The lowest BCUT2D eigenvalue weighted by molar-refractivity contribution is -0.141. The van der Waals surface area contributed by atoms with E-state index in [9.17, 15) is 9.59 Å². The lowest BCUT2D eigenvalue weighted by Gasteiger charge is -2.21. The maximum Gasteiger partial charge on any atom is 0.326 e. The monoisotopic (exact) mass is 258 g/mol. The molecule has 1 rings (SSSR count). The van der Waals surface area contributed by atoms with Crippen LogP contribution in [0.4, 0.5) is 4.79 Å². The molecule has 1 aliphatic rings. The Morgan fingerprint density at radius 3 is 2.89 bits per heavy atom. The molecule has 1 saturated heterocycles. The maximum absolute atomic E-state index is 11.7. The molecule has 104 valence electrons. The number of urea groups is 1. The lowest BCUT2D eigenvalue weighted by atomic mass is 10.2.